The Bertz CT molecular complexity index is 678. The van der Waals surface area contributed by atoms with Crippen molar-refractivity contribution >= 4 is 27.8 Å². The molecule has 0 radical (unpaired) electrons. The molecule has 1 aromatic carbocycles. The van der Waals surface area contributed by atoms with Crippen LogP contribution in [0.5, 0.6) is 0 Å². The van der Waals surface area contributed by atoms with Crippen molar-refractivity contribution in [3.8, 4) is 0 Å². The number of imidazole rings is 1. The van der Waals surface area contributed by atoms with E-state index in [0.717, 1.165) is 23.3 Å². The van der Waals surface area contributed by atoms with Crippen molar-refractivity contribution in [2.45, 2.75) is 32.1 Å². The Hall–Kier alpha value is -1.69. The summed E-state index contributed by atoms with van der Waals surface area (Å²) in [6.45, 7) is 4.54. The Labute approximate surface area is 120 Å². The van der Waals surface area contributed by atoms with Gasteiger partial charge in [-0.2, -0.15) is 0 Å². The molecule has 108 valence electrons. The third kappa shape index (κ3) is 2.90. The SMILES string of the molecule is Cc1nc2ccc(C(=O)O)cc2n1CCC(C)S(C)=O. The van der Waals surface area contributed by atoms with Crippen molar-refractivity contribution in [3.63, 3.8) is 0 Å². The Morgan fingerprint density at radius 1 is 1.50 bits per heavy atom. The van der Waals surface area contributed by atoms with E-state index < -0.39 is 16.8 Å². The summed E-state index contributed by atoms with van der Waals surface area (Å²) in [6, 6.07) is 4.93. The fourth-order valence-corrected chi connectivity index (χ4v) is 2.57. The largest absolute Gasteiger partial charge is 0.478 e. The Balaban J connectivity index is 2.36. The maximum absolute atomic E-state index is 11.4. The number of aromatic nitrogens is 2. The van der Waals surface area contributed by atoms with Crippen LogP contribution < -0.4 is 0 Å². The van der Waals surface area contributed by atoms with Crippen LogP contribution >= 0.6 is 0 Å². The van der Waals surface area contributed by atoms with E-state index in [1.54, 1.807) is 24.5 Å². The fourth-order valence-electron chi connectivity index (χ4n) is 2.14. The van der Waals surface area contributed by atoms with Gasteiger partial charge in [0.2, 0.25) is 0 Å². The first-order valence-corrected chi connectivity index (χ1v) is 8.04. The van der Waals surface area contributed by atoms with Gasteiger partial charge >= 0.3 is 5.97 Å². The standard InChI is InChI=1S/C14H18N2O3S/c1-9(20(3)19)6-7-16-10(2)15-12-5-4-11(14(17)18)8-13(12)16/h4-5,8-9H,6-7H2,1-3H3,(H,17,18). The molecule has 2 rings (SSSR count). The highest BCUT2D eigenvalue weighted by atomic mass is 32.2. The zero-order chi connectivity index (χ0) is 14.9. The van der Waals surface area contributed by atoms with Gasteiger partial charge in [0.15, 0.2) is 0 Å². The topological polar surface area (TPSA) is 72.2 Å². The third-order valence-corrected chi connectivity index (χ3v) is 4.88. The molecule has 1 N–H and O–H groups in total. The van der Waals surface area contributed by atoms with Crippen molar-refractivity contribution in [2.24, 2.45) is 0 Å². The first kappa shape index (κ1) is 14.7. The molecule has 1 heterocycles. The van der Waals surface area contributed by atoms with Crippen LogP contribution in [0.15, 0.2) is 18.2 Å². The summed E-state index contributed by atoms with van der Waals surface area (Å²) in [5.74, 6) is -0.100. The number of rotatable bonds is 5. The van der Waals surface area contributed by atoms with Crippen LogP contribution in [0, 0.1) is 6.92 Å². The van der Waals surface area contributed by atoms with Crippen molar-refractivity contribution in [1.29, 1.82) is 0 Å². The van der Waals surface area contributed by atoms with Crippen LogP contribution in [-0.4, -0.2) is 36.3 Å². The average molecular weight is 294 g/mol. The van der Waals surface area contributed by atoms with Gasteiger partial charge in [-0.15, -0.1) is 0 Å². The molecule has 0 bridgehead atoms. The maximum Gasteiger partial charge on any atom is 0.335 e. The smallest absolute Gasteiger partial charge is 0.335 e. The van der Waals surface area contributed by atoms with Gasteiger partial charge in [-0.05, 0) is 31.5 Å². The molecule has 0 aliphatic carbocycles. The summed E-state index contributed by atoms with van der Waals surface area (Å²) >= 11 is 0. The van der Waals surface area contributed by atoms with Crippen LogP contribution in [0.4, 0.5) is 0 Å². The molecule has 0 aliphatic heterocycles. The second kappa shape index (κ2) is 5.75. The van der Waals surface area contributed by atoms with E-state index in [-0.39, 0.29) is 10.8 Å². The van der Waals surface area contributed by atoms with Crippen LogP contribution in [0.3, 0.4) is 0 Å². The van der Waals surface area contributed by atoms with Gasteiger partial charge in [0.25, 0.3) is 0 Å². The van der Waals surface area contributed by atoms with Gasteiger partial charge in [-0.25, -0.2) is 9.78 Å². The van der Waals surface area contributed by atoms with Gasteiger partial charge in [-0.3, -0.25) is 4.21 Å². The number of aryl methyl sites for hydroxylation is 2. The van der Waals surface area contributed by atoms with Crippen molar-refractivity contribution in [3.05, 3.63) is 29.6 Å². The Morgan fingerprint density at radius 2 is 2.20 bits per heavy atom. The first-order valence-electron chi connectivity index (χ1n) is 6.42. The molecule has 0 amide bonds. The van der Waals surface area contributed by atoms with E-state index in [1.165, 1.54) is 0 Å². The zero-order valence-corrected chi connectivity index (χ0v) is 12.6. The van der Waals surface area contributed by atoms with Crippen molar-refractivity contribution in [1.82, 2.24) is 9.55 Å². The van der Waals surface area contributed by atoms with E-state index in [4.69, 9.17) is 5.11 Å². The predicted molar refractivity (Wildman–Crippen MR) is 79.6 cm³/mol. The van der Waals surface area contributed by atoms with Crippen molar-refractivity contribution < 1.29 is 14.1 Å². The molecule has 2 unspecified atom stereocenters. The lowest BCUT2D eigenvalue weighted by atomic mass is 10.2. The third-order valence-electron chi connectivity index (χ3n) is 3.51. The first-order chi connectivity index (χ1) is 9.40. The highest BCUT2D eigenvalue weighted by Crippen LogP contribution is 2.19. The minimum Gasteiger partial charge on any atom is -0.478 e. The highest BCUT2D eigenvalue weighted by molar-refractivity contribution is 7.84. The molecule has 2 aromatic rings. The molecule has 5 nitrogen and oxygen atoms in total. The van der Waals surface area contributed by atoms with E-state index in [0.29, 0.717) is 6.54 Å². The highest BCUT2D eigenvalue weighted by Gasteiger charge is 2.13. The number of benzene rings is 1. The molecule has 0 saturated heterocycles. The molecule has 20 heavy (non-hydrogen) atoms. The average Bonchev–Trinajstić information content (AvgIpc) is 2.70. The van der Waals surface area contributed by atoms with E-state index in [1.807, 2.05) is 18.4 Å². The molecule has 1 aromatic heterocycles. The number of hydrogen-bond acceptors (Lipinski definition) is 3. The lowest BCUT2D eigenvalue weighted by Gasteiger charge is -2.11. The quantitative estimate of drug-likeness (QED) is 0.917. The number of nitrogens with zero attached hydrogens (tertiary/aromatic N) is 2. The summed E-state index contributed by atoms with van der Waals surface area (Å²) in [6.07, 6.45) is 2.47. The van der Waals surface area contributed by atoms with E-state index in [2.05, 4.69) is 4.98 Å². The molecular weight excluding hydrogens is 276 g/mol. The summed E-state index contributed by atoms with van der Waals surface area (Å²) in [5, 5.41) is 9.17. The number of carboxylic acid groups (broad SMARTS) is 1. The predicted octanol–water partition coefficient (Wildman–Crippen LogP) is 2.20. The molecule has 0 fully saturated rings. The maximum atomic E-state index is 11.4. The zero-order valence-electron chi connectivity index (χ0n) is 11.8. The lowest BCUT2D eigenvalue weighted by molar-refractivity contribution is 0.0697. The summed E-state index contributed by atoms with van der Waals surface area (Å²) < 4.78 is 13.4. The Morgan fingerprint density at radius 3 is 2.80 bits per heavy atom. The second-order valence-electron chi connectivity index (χ2n) is 4.92. The lowest BCUT2D eigenvalue weighted by Crippen LogP contribution is -2.13. The van der Waals surface area contributed by atoms with Gasteiger partial charge in [-0.1, -0.05) is 6.92 Å². The van der Waals surface area contributed by atoms with Crippen LogP contribution in [-0.2, 0) is 17.3 Å². The molecule has 6 heteroatoms. The minimum atomic E-state index is -0.944. The summed E-state index contributed by atoms with van der Waals surface area (Å²) in [4.78, 5) is 15.5. The number of carboxylic acids is 1. The number of fused-ring (bicyclic) bond motifs is 1. The Kier molecular flexibility index (Phi) is 4.23. The van der Waals surface area contributed by atoms with Crippen molar-refractivity contribution in [2.75, 3.05) is 6.26 Å². The molecular formula is C14H18N2O3S. The van der Waals surface area contributed by atoms with Gasteiger partial charge in [0.1, 0.15) is 5.82 Å². The van der Waals surface area contributed by atoms with E-state index >= 15 is 0 Å². The van der Waals surface area contributed by atoms with E-state index in [9.17, 15) is 9.00 Å². The number of aromatic carboxylic acids is 1. The monoisotopic (exact) mass is 294 g/mol. The minimum absolute atomic E-state index is 0.106. The summed E-state index contributed by atoms with van der Waals surface area (Å²) in [7, 11) is -0.852. The fraction of sp³-hybridized carbons (Fsp3) is 0.429. The normalized spacial score (nSPS) is 14.3. The second-order valence-corrected chi connectivity index (χ2v) is 6.72. The van der Waals surface area contributed by atoms with Gasteiger partial charge < -0.3 is 9.67 Å². The van der Waals surface area contributed by atoms with Gasteiger partial charge in [0, 0.05) is 28.9 Å². The number of hydrogen-bond donors (Lipinski definition) is 1. The number of carbonyl (C=O) groups is 1. The summed E-state index contributed by atoms with van der Waals surface area (Å²) in [5.41, 5.74) is 1.86. The van der Waals surface area contributed by atoms with Gasteiger partial charge in [0.05, 0.1) is 16.6 Å². The molecule has 0 aliphatic rings. The molecule has 0 saturated carbocycles. The molecule has 2 atom stereocenters. The van der Waals surface area contributed by atoms with Crippen LogP contribution in [0.2, 0.25) is 0 Å². The van der Waals surface area contributed by atoms with Crippen LogP contribution in [0.1, 0.15) is 29.5 Å². The molecule has 0 spiro atoms. The van der Waals surface area contributed by atoms with Crippen LogP contribution in [0.25, 0.3) is 11.0 Å².